The summed E-state index contributed by atoms with van der Waals surface area (Å²) in [6.07, 6.45) is 9.66. The lowest BCUT2D eigenvalue weighted by atomic mass is 9.86. The Bertz CT molecular complexity index is 1200. The van der Waals surface area contributed by atoms with Gasteiger partial charge in [-0.1, -0.05) is 69.8 Å². The molecule has 0 bridgehead atoms. The minimum atomic E-state index is -0.571. The summed E-state index contributed by atoms with van der Waals surface area (Å²) in [6.45, 7) is 19.6. The number of likely N-dealkylation sites (tertiary alicyclic amines) is 1. The van der Waals surface area contributed by atoms with E-state index in [9.17, 15) is 18.4 Å². The monoisotopic (exact) mass is 656 g/mol. The van der Waals surface area contributed by atoms with Gasteiger partial charge < -0.3 is 25.5 Å². The van der Waals surface area contributed by atoms with Crippen molar-refractivity contribution in [2.45, 2.75) is 72.6 Å². The van der Waals surface area contributed by atoms with Crippen molar-refractivity contribution in [3.63, 3.8) is 0 Å². The Morgan fingerprint density at radius 3 is 2.09 bits per heavy atom. The molecule has 3 rings (SSSR count). The SMILES string of the molecule is C=C/C(=C\C=C(/C)F)C(C=O)c1ccc(F)cc1.CC.CC(C)C=O.CN=O.CNCCCN1CCC(c2cc(N)ccc2C)CC1. The number of nitroso groups, excluding NO2 is 1. The summed E-state index contributed by atoms with van der Waals surface area (Å²) in [6, 6.07) is 12.0. The first-order chi connectivity index (χ1) is 22.5. The Hall–Kier alpha value is -3.82. The van der Waals surface area contributed by atoms with E-state index in [4.69, 9.17) is 10.6 Å². The molecule has 2 aromatic carbocycles. The second-order valence-electron chi connectivity index (χ2n) is 11.0. The van der Waals surface area contributed by atoms with Crippen LogP contribution in [0.15, 0.2) is 83.8 Å². The number of halogens is 2. The highest BCUT2D eigenvalue weighted by Gasteiger charge is 2.21. The fraction of sp³-hybridized carbons (Fsp3) is 0.474. The van der Waals surface area contributed by atoms with Crippen molar-refractivity contribution in [3.05, 3.63) is 106 Å². The zero-order valence-electron chi connectivity index (χ0n) is 29.8. The van der Waals surface area contributed by atoms with Gasteiger partial charge in [0.05, 0.1) is 18.8 Å². The number of nitrogens with one attached hydrogen (secondary N) is 1. The first-order valence-electron chi connectivity index (χ1n) is 16.2. The molecular weight excluding hydrogens is 598 g/mol. The largest absolute Gasteiger partial charge is 0.399 e. The van der Waals surface area contributed by atoms with Crippen LogP contribution < -0.4 is 11.1 Å². The van der Waals surface area contributed by atoms with Crippen molar-refractivity contribution in [2.24, 2.45) is 11.1 Å². The van der Waals surface area contributed by atoms with Crippen LogP contribution in [0.25, 0.3) is 0 Å². The number of hydrogen-bond donors (Lipinski definition) is 2. The molecule has 0 aromatic heterocycles. The molecule has 0 amide bonds. The van der Waals surface area contributed by atoms with Crippen LogP contribution >= 0.6 is 0 Å². The predicted molar refractivity (Wildman–Crippen MR) is 195 cm³/mol. The number of aryl methyl sites for hydroxylation is 1. The van der Waals surface area contributed by atoms with E-state index in [0.717, 1.165) is 24.8 Å². The molecule has 0 saturated carbocycles. The lowest BCUT2D eigenvalue weighted by Crippen LogP contribution is -2.34. The number of benzene rings is 2. The minimum Gasteiger partial charge on any atom is -0.399 e. The topological polar surface area (TPSA) is 105 Å². The molecule has 0 spiro atoms. The molecule has 1 fully saturated rings. The van der Waals surface area contributed by atoms with E-state index in [1.807, 2.05) is 40.8 Å². The van der Waals surface area contributed by atoms with E-state index in [0.29, 0.717) is 17.1 Å². The predicted octanol–water partition coefficient (Wildman–Crippen LogP) is 8.71. The van der Waals surface area contributed by atoms with Gasteiger partial charge in [-0.15, -0.1) is 0 Å². The van der Waals surface area contributed by atoms with Crippen molar-refractivity contribution >= 4 is 18.3 Å². The molecule has 9 heteroatoms. The van der Waals surface area contributed by atoms with Gasteiger partial charge in [0.15, 0.2) is 0 Å². The van der Waals surface area contributed by atoms with Gasteiger partial charge in [-0.3, -0.25) is 0 Å². The molecule has 7 nitrogen and oxygen atoms in total. The number of piperidine rings is 1. The number of aldehydes is 2. The van der Waals surface area contributed by atoms with E-state index in [2.05, 4.69) is 41.0 Å². The molecule has 1 aliphatic heterocycles. The van der Waals surface area contributed by atoms with Crippen molar-refractivity contribution < 1.29 is 18.4 Å². The molecule has 262 valence electrons. The van der Waals surface area contributed by atoms with Crippen molar-refractivity contribution in [3.8, 4) is 0 Å². The van der Waals surface area contributed by atoms with Crippen LogP contribution in [0.2, 0.25) is 0 Å². The van der Waals surface area contributed by atoms with E-state index >= 15 is 0 Å². The lowest BCUT2D eigenvalue weighted by Gasteiger charge is -2.32. The number of hydrogen-bond acceptors (Lipinski definition) is 7. The first kappa shape index (κ1) is 45.3. The maximum absolute atomic E-state index is 12.8. The third-order valence-corrected chi connectivity index (χ3v) is 6.97. The summed E-state index contributed by atoms with van der Waals surface area (Å²) < 4.78 is 25.5. The number of nitrogen functional groups attached to an aromatic ring is 1. The number of nitrogens with two attached hydrogens (primary N) is 1. The van der Waals surface area contributed by atoms with Crippen LogP contribution in [0, 0.1) is 23.6 Å². The molecule has 2 aromatic rings. The fourth-order valence-corrected chi connectivity index (χ4v) is 4.58. The summed E-state index contributed by atoms with van der Waals surface area (Å²) in [5.41, 5.74) is 10.9. The van der Waals surface area contributed by atoms with Crippen LogP contribution in [0.4, 0.5) is 14.5 Å². The van der Waals surface area contributed by atoms with Crippen LogP contribution in [0.5, 0.6) is 0 Å². The summed E-state index contributed by atoms with van der Waals surface area (Å²) in [5.74, 6) is -0.400. The number of allylic oxidation sites excluding steroid dienone is 5. The second-order valence-corrected chi connectivity index (χ2v) is 11.0. The highest BCUT2D eigenvalue weighted by Crippen LogP contribution is 2.31. The Labute approximate surface area is 282 Å². The van der Waals surface area contributed by atoms with Gasteiger partial charge in [0.2, 0.25) is 0 Å². The van der Waals surface area contributed by atoms with Gasteiger partial charge in [0.1, 0.15) is 18.4 Å². The molecule has 0 radical (unpaired) electrons. The number of carbonyl (C=O) groups is 2. The molecule has 3 N–H and O–H groups in total. The minimum absolute atomic E-state index is 0.204. The maximum Gasteiger partial charge on any atom is 0.131 e. The standard InChI is InChI=1S/C16H27N3.C15H14F2O.C4H8O.C2H6.CH3NO/c1-13-4-5-15(17)12-16(13)14-6-10-19(11-7-14)9-3-8-18-2;1-3-12(5-4-11(2)16)15(10-18)13-6-8-14(17)9-7-13;1-4(2)3-5;1-2;1-2-3/h4-5,12,14,18H,3,6-11,17H2,1-2H3;3-10,15H,1H2,2H3;3-4H,1-2H3;1-2H3;1H3/b;11-4+,12-5+;;;. The molecule has 1 saturated heterocycles. The highest BCUT2D eigenvalue weighted by molar-refractivity contribution is 5.69. The molecular formula is C38H58F2N4O3. The molecule has 1 heterocycles. The van der Waals surface area contributed by atoms with E-state index < -0.39 is 5.92 Å². The number of carbonyl (C=O) groups excluding carboxylic acids is 2. The van der Waals surface area contributed by atoms with E-state index in [-0.39, 0.29) is 17.6 Å². The second kappa shape index (κ2) is 28.4. The van der Waals surface area contributed by atoms with Crippen LogP contribution in [0.1, 0.15) is 82.4 Å². The van der Waals surface area contributed by atoms with Crippen LogP contribution in [-0.2, 0) is 9.59 Å². The Kier molecular flexibility index (Phi) is 27.4. The average Bonchev–Trinajstić information content (AvgIpc) is 3.07. The summed E-state index contributed by atoms with van der Waals surface area (Å²) >= 11 is 0. The third kappa shape index (κ3) is 20.8. The molecule has 1 atom stereocenters. The average molecular weight is 657 g/mol. The number of nitrogens with zero attached hydrogens (tertiary/aromatic N) is 2. The van der Waals surface area contributed by atoms with Crippen molar-refractivity contribution in [2.75, 3.05) is 46.0 Å². The molecule has 0 aliphatic carbocycles. The maximum atomic E-state index is 12.8. The highest BCUT2D eigenvalue weighted by atomic mass is 19.1. The first-order valence-corrected chi connectivity index (χ1v) is 16.2. The Morgan fingerprint density at radius 2 is 1.64 bits per heavy atom. The third-order valence-electron chi connectivity index (χ3n) is 6.97. The smallest absolute Gasteiger partial charge is 0.131 e. The van der Waals surface area contributed by atoms with Gasteiger partial charge in [-0.25, -0.2) is 8.78 Å². The van der Waals surface area contributed by atoms with Gasteiger partial charge in [-0.05, 0) is 125 Å². The normalized spacial score (nSPS) is 13.9. The summed E-state index contributed by atoms with van der Waals surface area (Å²) in [7, 11) is 3.22. The van der Waals surface area contributed by atoms with Crippen LogP contribution in [0.3, 0.4) is 0 Å². The molecule has 1 aliphatic rings. The van der Waals surface area contributed by atoms with Gasteiger partial charge in [0.25, 0.3) is 0 Å². The zero-order valence-corrected chi connectivity index (χ0v) is 29.8. The lowest BCUT2D eigenvalue weighted by molar-refractivity contribution is -0.110. The van der Waals surface area contributed by atoms with Crippen LogP contribution in [-0.4, -0.2) is 57.7 Å². The summed E-state index contributed by atoms with van der Waals surface area (Å²) in [4.78, 5) is 31.8. The zero-order chi connectivity index (χ0) is 36.2. The summed E-state index contributed by atoms with van der Waals surface area (Å²) in [5, 5.41) is 5.47. The molecule has 1 unspecified atom stereocenters. The van der Waals surface area contributed by atoms with E-state index in [1.54, 1.807) is 0 Å². The quantitative estimate of drug-likeness (QED) is 0.0824. The van der Waals surface area contributed by atoms with Gasteiger partial charge in [-0.2, -0.15) is 4.91 Å². The van der Waals surface area contributed by atoms with Gasteiger partial charge >= 0.3 is 0 Å². The molecule has 47 heavy (non-hydrogen) atoms. The van der Waals surface area contributed by atoms with E-state index in [1.165, 1.54) is 106 Å². The van der Waals surface area contributed by atoms with Crippen molar-refractivity contribution in [1.82, 2.24) is 10.2 Å². The van der Waals surface area contributed by atoms with Crippen molar-refractivity contribution in [1.29, 1.82) is 0 Å². The Morgan fingerprint density at radius 1 is 1.09 bits per heavy atom. The Balaban J connectivity index is 0. The fourth-order valence-electron chi connectivity index (χ4n) is 4.58. The number of rotatable bonds is 11. The van der Waals surface area contributed by atoms with Gasteiger partial charge in [0, 0.05) is 11.6 Å². The number of anilines is 1.